The summed E-state index contributed by atoms with van der Waals surface area (Å²) in [4.78, 5) is 72.4. The maximum Gasteiger partial charge on any atom is 0.472 e. The monoisotopic (exact) mass is 1380 g/mol. The van der Waals surface area contributed by atoms with Gasteiger partial charge in [-0.15, -0.1) is 0 Å². The first-order valence-corrected chi connectivity index (χ1v) is 41.6. The maximum atomic E-state index is 13.1. The van der Waals surface area contributed by atoms with Crippen molar-refractivity contribution in [1.29, 1.82) is 0 Å². The lowest BCUT2D eigenvalue weighted by Crippen LogP contribution is -2.30. The van der Waals surface area contributed by atoms with Gasteiger partial charge in [0.05, 0.1) is 26.4 Å². The summed E-state index contributed by atoms with van der Waals surface area (Å²) < 4.78 is 68.2. The molecule has 0 aromatic rings. The van der Waals surface area contributed by atoms with Crippen LogP contribution in [0.5, 0.6) is 0 Å². The lowest BCUT2D eigenvalue weighted by molar-refractivity contribution is -0.161. The van der Waals surface area contributed by atoms with E-state index in [0.717, 1.165) is 116 Å². The minimum atomic E-state index is -4.96. The van der Waals surface area contributed by atoms with E-state index in [1.807, 2.05) is 0 Å². The van der Waals surface area contributed by atoms with Gasteiger partial charge in [0.25, 0.3) is 0 Å². The van der Waals surface area contributed by atoms with E-state index in [1.165, 1.54) is 180 Å². The van der Waals surface area contributed by atoms with Gasteiger partial charge >= 0.3 is 39.5 Å². The minimum absolute atomic E-state index is 0.102. The molecule has 0 rings (SSSR count). The van der Waals surface area contributed by atoms with E-state index in [2.05, 4.69) is 52.0 Å². The average Bonchev–Trinajstić information content (AvgIpc) is 1.58. The van der Waals surface area contributed by atoms with Crippen LogP contribution in [0.2, 0.25) is 0 Å². The van der Waals surface area contributed by atoms with E-state index < -0.39 is 97.5 Å². The van der Waals surface area contributed by atoms with E-state index >= 15 is 0 Å². The van der Waals surface area contributed by atoms with Gasteiger partial charge < -0.3 is 33.8 Å². The molecule has 0 heterocycles. The number of carbonyl (C=O) groups is 4. The van der Waals surface area contributed by atoms with Gasteiger partial charge in [0.15, 0.2) is 12.2 Å². The first kappa shape index (κ1) is 91.5. The molecule has 5 atom stereocenters. The number of esters is 4. The highest BCUT2D eigenvalue weighted by Crippen LogP contribution is 2.45. The minimum Gasteiger partial charge on any atom is -0.462 e. The SMILES string of the molecule is CCCCCC/C=C\C=C/CCCCCCCC(=O)OC[C@H](COP(=O)(O)OC[C@@H](O)COP(=O)(O)OC[C@@H](COC(=O)CCCCCCC)OC(=O)CCCCCCCCCCCCCC)OC(=O)CCCCCCCCCCCCCCCCCCCCCCCC. The molecule has 2 unspecified atom stereocenters. The second-order valence-corrected chi connectivity index (χ2v) is 29.3. The van der Waals surface area contributed by atoms with Crippen molar-refractivity contribution in [3.05, 3.63) is 24.3 Å². The fourth-order valence-electron chi connectivity index (χ4n) is 11.0. The molecule has 0 amide bonds. The molecular weight excluding hydrogens is 1230 g/mol. The van der Waals surface area contributed by atoms with Gasteiger partial charge in [-0.2, -0.15) is 0 Å². The molecule has 0 saturated carbocycles. The van der Waals surface area contributed by atoms with E-state index in [-0.39, 0.29) is 25.7 Å². The molecule has 0 spiro atoms. The quantitative estimate of drug-likeness (QED) is 0.0169. The van der Waals surface area contributed by atoms with Crippen LogP contribution in [0.1, 0.15) is 374 Å². The number of ether oxygens (including phenoxy) is 4. The molecule has 0 aliphatic rings. The van der Waals surface area contributed by atoms with Crippen LogP contribution < -0.4 is 0 Å². The summed E-state index contributed by atoms with van der Waals surface area (Å²) in [6, 6.07) is 0. The first-order valence-electron chi connectivity index (χ1n) is 38.6. The number of allylic oxidation sites excluding steroid dienone is 4. The number of carbonyl (C=O) groups excluding carboxylic acids is 4. The Morgan fingerprint density at radius 2 is 0.511 bits per heavy atom. The molecule has 0 bridgehead atoms. The third-order valence-corrected chi connectivity index (χ3v) is 18.9. The normalized spacial score (nSPS) is 14.1. The highest BCUT2D eigenvalue weighted by atomic mass is 31.2. The van der Waals surface area contributed by atoms with Gasteiger partial charge in [0.1, 0.15) is 19.3 Å². The third-order valence-electron chi connectivity index (χ3n) is 17.0. The maximum absolute atomic E-state index is 13.1. The van der Waals surface area contributed by atoms with Crippen LogP contribution in [0, 0.1) is 0 Å². The Morgan fingerprint density at radius 1 is 0.298 bits per heavy atom. The van der Waals surface area contributed by atoms with E-state index in [4.69, 9.17) is 37.0 Å². The van der Waals surface area contributed by atoms with Crippen LogP contribution in [0.3, 0.4) is 0 Å². The van der Waals surface area contributed by atoms with Gasteiger partial charge in [-0.1, -0.05) is 322 Å². The number of phosphoric acid groups is 2. The van der Waals surface area contributed by atoms with Crippen molar-refractivity contribution in [3.63, 3.8) is 0 Å². The number of aliphatic hydroxyl groups is 1. The van der Waals surface area contributed by atoms with Crippen LogP contribution in [-0.2, 0) is 65.4 Å². The molecule has 0 aromatic heterocycles. The third kappa shape index (κ3) is 68.1. The van der Waals surface area contributed by atoms with Crippen molar-refractivity contribution in [2.24, 2.45) is 0 Å². The zero-order valence-corrected chi connectivity index (χ0v) is 62.2. The Labute approximate surface area is 573 Å². The summed E-state index contributed by atoms with van der Waals surface area (Å²) >= 11 is 0. The van der Waals surface area contributed by atoms with Crippen LogP contribution >= 0.6 is 15.6 Å². The molecule has 0 aromatic carbocycles. The molecule has 94 heavy (non-hydrogen) atoms. The van der Waals surface area contributed by atoms with Crippen molar-refractivity contribution in [2.75, 3.05) is 39.6 Å². The molecule has 0 aliphatic heterocycles. The van der Waals surface area contributed by atoms with Gasteiger partial charge in [-0.3, -0.25) is 37.3 Å². The highest BCUT2D eigenvalue weighted by molar-refractivity contribution is 7.47. The summed E-state index contributed by atoms with van der Waals surface area (Å²) in [7, 11) is -9.91. The first-order chi connectivity index (χ1) is 45.7. The van der Waals surface area contributed by atoms with Gasteiger partial charge in [-0.25, -0.2) is 9.13 Å². The Balaban J connectivity index is 5.14. The number of hydrogen-bond acceptors (Lipinski definition) is 15. The Bertz CT molecular complexity index is 1880. The smallest absolute Gasteiger partial charge is 0.462 e. The van der Waals surface area contributed by atoms with E-state index in [1.54, 1.807) is 0 Å². The fourth-order valence-corrected chi connectivity index (χ4v) is 12.6. The molecule has 554 valence electrons. The molecular formula is C75H142O17P2. The van der Waals surface area contributed by atoms with Crippen molar-refractivity contribution in [1.82, 2.24) is 0 Å². The number of aliphatic hydroxyl groups excluding tert-OH is 1. The predicted octanol–water partition coefficient (Wildman–Crippen LogP) is 21.8. The molecule has 19 heteroatoms. The zero-order chi connectivity index (χ0) is 69.0. The molecule has 0 saturated heterocycles. The van der Waals surface area contributed by atoms with Crippen LogP contribution in [-0.4, -0.2) is 96.7 Å². The van der Waals surface area contributed by atoms with E-state index in [9.17, 15) is 43.2 Å². The molecule has 3 N–H and O–H groups in total. The van der Waals surface area contributed by atoms with Crippen molar-refractivity contribution in [2.45, 2.75) is 393 Å². The lowest BCUT2D eigenvalue weighted by atomic mass is 10.0. The largest absolute Gasteiger partial charge is 0.472 e. The molecule has 0 aliphatic carbocycles. The summed E-state index contributed by atoms with van der Waals surface area (Å²) in [6.45, 7) is 4.82. The Hall–Kier alpha value is -2.46. The van der Waals surface area contributed by atoms with Gasteiger partial charge in [0.2, 0.25) is 0 Å². The lowest BCUT2D eigenvalue weighted by Gasteiger charge is -2.21. The average molecular weight is 1380 g/mol. The zero-order valence-electron chi connectivity index (χ0n) is 60.4. The summed E-state index contributed by atoms with van der Waals surface area (Å²) in [5.74, 6) is -2.16. The second kappa shape index (κ2) is 69.0. The van der Waals surface area contributed by atoms with Gasteiger partial charge in [-0.05, 0) is 51.4 Å². The number of unbranched alkanes of at least 4 members (excludes halogenated alkanes) is 45. The van der Waals surface area contributed by atoms with Crippen LogP contribution in [0.15, 0.2) is 24.3 Å². The van der Waals surface area contributed by atoms with Crippen molar-refractivity contribution in [3.8, 4) is 0 Å². The second-order valence-electron chi connectivity index (χ2n) is 26.4. The predicted molar refractivity (Wildman–Crippen MR) is 381 cm³/mol. The molecule has 0 radical (unpaired) electrons. The Morgan fingerprint density at radius 3 is 0.777 bits per heavy atom. The number of phosphoric ester groups is 2. The van der Waals surface area contributed by atoms with Crippen molar-refractivity contribution >= 4 is 39.5 Å². The molecule has 0 fully saturated rings. The topological polar surface area (TPSA) is 237 Å². The summed E-state index contributed by atoms with van der Waals surface area (Å²) in [5, 5.41) is 10.6. The van der Waals surface area contributed by atoms with Crippen LogP contribution in [0.25, 0.3) is 0 Å². The Kier molecular flexibility index (Phi) is 67.2. The fraction of sp³-hybridized carbons (Fsp3) is 0.893. The van der Waals surface area contributed by atoms with Gasteiger partial charge in [0, 0.05) is 25.7 Å². The standard InChI is InChI=1S/C75H142O17P2/c1-5-9-13-17-20-23-26-29-31-32-33-34-35-36-37-39-41-44-47-50-54-58-62-75(80)92-71(66-86-73(78)60-56-52-48-45-43-40-38-30-27-24-21-18-14-10-6-2)68-90-94(83,84)88-64-69(76)63-87-93(81,82)89-67-70(65-85-72(77)59-55-51-16-12-8-4)91-74(79)61-57-53-49-46-42-28-25-22-19-15-11-7-3/h24,27,30,38,69-71,76H,5-23,25-26,28-29,31-37,39-68H2,1-4H3,(H,81,82)(H,83,84)/b27-24-,38-30-/t69-,70+,71+/m0/s1. The molecule has 17 nitrogen and oxygen atoms in total. The summed E-state index contributed by atoms with van der Waals surface area (Å²) in [6.07, 6.45) is 62.4. The highest BCUT2D eigenvalue weighted by Gasteiger charge is 2.30. The number of hydrogen-bond donors (Lipinski definition) is 3. The summed E-state index contributed by atoms with van der Waals surface area (Å²) in [5.41, 5.74) is 0. The van der Waals surface area contributed by atoms with Crippen molar-refractivity contribution < 1.29 is 80.2 Å². The number of rotatable bonds is 74. The van der Waals surface area contributed by atoms with Crippen LogP contribution in [0.4, 0.5) is 0 Å². The van der Waals surface area contributed by atoms with E-state index in [0.29, 0.717) is 25.7 Å².